The number of rotatable bonds is 10. The quantitative estimate of drug-likeness (QED) is 0.129. The average molecular weight is 629 g/mol. The molecule has 1 unspecified atom stereocenters. The fourth-order valence-corrected chi connectivity index (χ4v) is 5.58. The molecule has 39 heavy (non-hydrogen) atoms. The molecule has 4 aromatic rings. The van der Waals surface area contributed by atoms with Crippen LogP contribution in [0, 0.1) is 6.92 Å². The number of halogens is 1. The van der Waals surface area contributed by atoms with Crippen LogP contribution in [-0.4, -0.2) is 22.1 Å². The minimum Gasteiger partial charge on any atom is -0.478 e. The van der Waals surface area contributed by atoms with Crippen LogP contribution in [0.25, 0.3) is 5.57 Å². The topological polar surface area (TPSA) is 15.7 Å². The number of aryl methyl sites for hydroxylation is 1. The molecule has 0 saturated carbocycles. The molecule has 0 amide bonds. The van der Waals surface area contributed by atoms with E-state index in [1.54, 1.807) is 0 Å². The van der Waals surface area contributed by atoms with Crippen molar-refractivity contribution in [3.8, 4) is 5.75 Å². The van der Waals surface area contributed by atoms with Gasteiger partial charge in [0.1, 0.15) is 9.86 Å². The molecule has 5 rings (SSSR count). The van der Waals surface area contributed by atoms with E-state index >= 15 is 0 Å². The molecule has 0 aromatic heterocycles. The maximum Gasteiger partial charge on any atom is 0.146 e. The number of nitrogens with zero attached hydrogens (tertiary/aromatic N) is 2. The van der Waals surface area contributed by atoms with Gasteiger partial charge in [0.15, 0.2) is 0 Å². The lowest BCUT2D eigenvalue weighted by Gasteiger charge is -2.30. The van der Waals surface area contributed by atoms with Crippen LogP contribution in [0.15, 0.2) is 109 Å². The van der Waals surface area contributed by atoms with Crippen molar-refractivity contribution in [3.63, 3.8) is 0 Å². The molecule has 0 spiro atoms. The van der Waals surface area contributed by atoms with Gasteiger partial charge >= 0.3 is 0 Å². The minimum absolute atomic E-state index is 0.0638. The largest absolute Gasteiger partial charge is 0.478 e. The van der Waals surface area contributed by atoms with Gasteiger partial charge < -0.3 is 9.64 Å². The molecule has 0 fully saturated rings. The predicted molar refractivity (Wildman–Crippen MR) is 172 cm³/mol. The van der Waals surface area contributed by atoms with Gasteiger partial charge in [0.05, 0.1) is 5.69 Å². The Morgan fingerprint density at radius 3 is 1.90 bits per heavy atom. The van der Waals surface area contributed by atoms with Crippen molar-refractivity contribution in [2.45, 2.75) is 44.0 Å². The smallest absolute Gasteiger partial charge is 0.146 e. The summed E-state index contributed by atoms with van der Waals surface area (Å²) in [6.45, 7) is 9.01. The van der Waals surface area contributed by atoms with Gasteiger partial charge in [0.2, 0.25) is 0 Å². The normalized spacial score (nSPS) is 14.5. The summed E-state index contributed by atoms with van der Waals surface area (Å²) in [7, 11) is 0. The van der Waals surface area contributed by atoms with Gasteiger partial charge in [-0.05, 0) is 88.4 Å². The van der Waals surface area contributed by atoms with Crippen LogP contribution >= 0.6 is 22.6 Å². The zero-order valence-corrected chi connectivity index (χ0v) is 25.1. The molecule has 4 aromatic carbocycles. The highest BCUT2D eigenvalue weighted by Crippen LogP contribution is 2.38. The van der Waals surface area contributed by atoms with Gasteiger partial charge in [-0.25, -0.2) is 0 Å². The highest BCUT2D eigenvalue weighted by molar-refractivity contribution is 14.1. The van der Waals surface area contributed by atoms with Gasteiger partial charge in [0, 0.05) is 32.7 Å². The van der Waals surface area contributed by atoms with Crippen molar-refractivity contribution in [1.29, 1.82) is 0 Å². The Bertz CT molecular complexity index is 1330. The second-order valence-corrected chi connectivity index (χ2v) is 12.1. The molecule has 1 aliphatic heterocycles. The van der Waals surface area contributed by atoms with E-state index in [9.17, 15) is 0 Å². The molecule has 0 bridgehead atoms. The summed E-state index contributed by atoms with van der Waals surface area (Å²) >= 11 is 2.36. The molecule has 0 saturated heterocycles. The first-order chi connectivity index (χ1) is 19.0. The zero-order valence-electron chi connectivity index (χ0n) is 22.9. The van der Waals surface area contributed by atoms with Crippen molar-refractivity contribution in [2.75, 3.05) is 18.0 Å². The SMILES string of the molecule is Cc1cc(N(Cc2ccccc2)Cc2ccccc2)c(OC(C)I)cc1C1=CCN(Cc2ccccc2)CC1. The summed E-state index contributed by atoms with van der Waals surface area (Å²) in [4.78, 5) is 4.97. The molecule has 4 heteroatoms. The van der Waals surface area contributed by atoms with E-state index < -0.39 is 0 Å². The molecule has 0 aliphatic carbocycles. The number of hydrogen-bond acceptors (Lipinski definition) is 3. The summed E-state index contributed by atoms with van der Waals surface area (Å²) in [6, 6.07) is 36.8. The third kappa shape index (κ3) is 7.52. The van der Waals surface area contributed by atoms with Crippen LogP contribution in [0.4, 0.5) is 5.69 Å². The van der Waals surface area contributed by atoms with Crippen molar-refractivity contribution < 1.29 is 4.74 Å². The summed E-state index contributed by atoms with van der Waals surface area (Å²) in [5.41, 5.74) is 9.13. The third-order valence-electron chi connectivity index (χ3n) is 7.26. The van der Waals surface area contributed by atoms with Gasteiger partial charge in [-0.15, -0.1) is 0 Å². The van der Waals surface area contributed by atoms with Gasteiger partial charge in [-0.3, -0.25) is 4.90 Å². The summed E-state index contributed by atoms with van der Waals surface area (Å²) < 4.78 is 6.56. The van der Waals surface area contributed by atoms with E-state index in [-0.39, 0.29) is 4.11 Å². The van der Waals surface area contributed by atoms with Crippen LogP contribution in [-0.2, 0) is 19.6 Å². The Kier molecular flexibility index (Phi) is 9.38. The van der Waals surface area contributed by atoms with Crippen molar-refractivity contribution in [1.82, 2.24) is 4.90 Å². The van der Waals surface area contributed by atoms with Crippen molar-refractivity contribution in [3.05, 3.63) is 137 Å². The van der Waals surface area contributed by atoms with Crippen molar-refractivity contribution >= 4 is 33.9 Å². The summed E-state index contributed by atoms with van der Waals surface area (Å²) in [5.74, 6) is 0.956. The Labute approximate surface area is 247 Å². The molecular weight excluding hydrogens is 591 g/mol. The van der Waals surface area contributed by atoms with E-state index in [2.05, 4.69) is 155 Å². The molecule has 1 aliphatic rings. The molecule has 3 nitrogen and oxygen atoms in total. The highest BCUT2D eigenvalue weighted by atomic mass is 127. The average Bonchev–Trinajstić information content (AvgIpc) is 2.95. The molecule has 1 heterocycles. The Morgan fingerprint density at radius 2 is 1.38 bits per heavy atom. The van der Waals surface area contributed by atoms with E-state index in [1.807, 2.05) is 0 Å². The molecule has 200 valence electrons. The maximum atomic E-state index is 6.50. The van der Waals surface area contributed by atoms with E-state index in [0.29, 0.717) is 0 Å². The second-order valence-electron chi connectivity index (χ2n) is 10.3. The maximum absolute atomic E-state index is 6.50. The highest BCUT2D eigenvalue weighted by Gasteiger charge is 2.21. The first kappa shape index (κ1) is 27.5. The Morgan fingerprint density at radius 1 is 0.821 bits per heavy atom. The van der Waals surface area contributed by atoms with Crippen LogP contribution in [0.2, 0.25) is 0 Å². The van der Waals surface area contributed by atoms with Crippen LogP contribution in [0.5, 0.6) is 5.75 Å². The number of anilines is 1. The van der Waals surface area contributed by atoms with Crippen molar-refractivity contribution in [2.24, 2.45) is 0 Å². The standard InChI is InChI=1S/C35H37IN2O/c1-27-22-34(38(25-30-14-8-4-9-15-30)26-31-16-10-5-11-17-31)35(39-28(2)36)23-33(27)32-18-20-37(21-19-32)24-29-12-6-3-7-13-29/h3-18,22-23,28H,19-21,24-26H2,1-2H3. The third-order valence-corrected chi connectivity index (χ3v) is 7.51. The van der Waals surface area contributed by atoms with E-state index in [4.69, 9.17) is 4.74 Å². The van der Waals surface area contributed by atoms with Crippen LogP contribution in [0.3, 0.4) is 0 Å². The summed E-state index contributed by atoms with van der Waals surface area (Å²) in [6.07, 6.45) is 3.46. The Hall–Kier alpha value is -3.09. The first-order valence-electron chi connectivity index (χ1n) is 13.8. The fourth-order valence-electron chi connectivity index (χ4n) is 5.31. The monoisotopic (exact) mass is 628 g/mol. The fraction of sp³-hybridized carbons (Fsp3) is 0.257. The lowest BCUT2D eigenvalue weighted by atomic mass is 9.94. The van der Waals surface area contributed by atoms with Gasteiger partial charge in [-0.1, -0.05) is 97.1 Å². The number of benzene rings is 4. The second kappa shape index (κ2) is 13.3. The molecule has 0 radical (unpaired) electrons. The van der Waals surface area contributed by atoms with Crippen LogP contribution in [0.1, 0.15) is 41.2 Å². The zero-order chi connectivity index (χ0) is 27.0. The minimum atomic E-state index is 0.0638. The number of alkyl halides is 1. The molecular formula is C35H37IN2O. The van der Waals surface area contributed by atoms with Gasteiger partial charge in [0.25, 0.3) is 0 Å². The lowest BCUT2D eigenvalue weighted by Crippen LogP contribution is -2.28. The first-order valence-corrected chi connectivity index (χ1v) is 15.0. The lowest BCUT2D eigenvalue weighted by molar-refractivity contribution is 0.294. The molecule has 1 atom stereocenters. The van der Waals surface area contributed by atoms with E-state index in [0.717, 1.165) is 50.6 Å². The predicted octanol–water partition coefficient (Wildman–Crippen LogP) is 8.65. The Balaban J connectivity index is 1.45. The van der Waals surface area contributed by atoms with Gasteiger partial charge in [-0.2, -0.15) is 0 Å². The van der Waals surface area contributed by atoms with Crippen LogP contribution < -0.4 is 9.64 Å². The number of hydrogen-bond donors (Lipinski definition) is 0. The number of ether oxygens (including phenoxy) is 1. The summed E-state index contributed by atoms with van der Waals surface area (Å²) in [5, 5.41) is 0. The van der Waals surface area contributed by atoms with E-state index in [1.165, 1.54) is 33.4 Å². The molecule has 0 N–H and O–H groups in total.